The molecule has 3 heterocycles. The van der Waals surface area contributed by atoms with E-state index in [1.165, 1.54) is 0 Å². The third-order valence-electron chi connectivity index (χ3n) is 4.99. The highest BCUT2D eigenvalue weighted by Gasteiger charge is 2.21. The van der Waals surface area contributed by atoms with Gasteiger partial charge in [0.1, 0.15) is 18.3 Å². The molecule has 3 aromatic rings. The summed E-state index contributed by atoms with van der Waals surface area (Å²) >= 11 is 0. The number of aromatic amines is 1. The molecular weight excluding hydrogens is 384 g/mol. The van der Waals surface area contributed by atoms with Crippen LogP contribution < -0.4 is 20.3 Å². The first-order chi connectivity index (χ1) is 14.7. The van der Waals surface area contributed by atoms with E-state index in [0.717, 1.165) is 42.7 Å². The molecule has 1 aromatic carbocycles. The van der Waals surface area contributed by atoms with Crippen LogP contribution in [-0.4, -0.2) is 58.8 Å². The maximum Gasteiger partial charge on any atom is 0.312 e. The maximum absolute atomic E-state index is 11.7. The topological polar surface area (TPSA) is 115 Å². The van der Waals surface area contributed by atoms with Gasteiger partial charge in [-0.1, -0.05) is 6.07 Å². The molecule has 1 unspecified atom stereocenters. The Hall–Kier alpha value is -3.75. The number of fused-ring (bicyclic) bond motifs is 1. The summed E-state index contributed by atoms with van der Waals surface area (Å²) in [5.74, 6) is -0.0260. The van der Waals surface area contributed by atoms with Crippen molar-refractivity contribution in [2.24, 2.45) is 0 Å². The van der Waals surface area contributed by atoms with Crippen molar-refractivity contribution in [1.82, 2.24) is 15.0 Å². The molecule has 9 heteroatoms. The van der Waals surface area contributed by atoms with Crippen LogP contribution in [0.1, 0.15) is 11.5 Å². The Morgan fingerprint density at radius 3 is 3.00 bits per heavy atom. The van der Waals surface area contributed by atoms with Gasteiger partial charge in [0.05, 0.1) is 12.2 Å². The highest BCUT2D eigenvalue weighted by atomic mass is 16.5. The number of imidazole rings is 1. The van der Waals surface area contributed by atoms with Gasteiger partial charge in [0.2, 0.25) is 0 Å². The number of nitrogens with one attached hydrogen (secondary N) is 3. The largest absolute Gasteiger partial charge is 0.489 e. The van der Waals surface area contributed by atoms with Crippen molar-refractivity contribution in [3.63, 3.8) is 0 Å². The molecule has 0 saturated heterocycles. The number of nitrogens with zero attached hydrogens (tertiary/aromatic N) is 3. The normalized spacial score (nSPS) is 13.8. The Labute approximate surface area is 174 Å². The van der Waals surface area contributed by atoms with E-state index in [-0.39, 0.29) is 6.54 Å². The summed E-state index contributed by atoms with van der Waals surface area (Å²) in [5.41, 5.74) is 2.51. The summed E-state index contributed by atoms with van der Waals surface area (Å²) in [6.45, 7) is 3.23. The molecule has 1 aliphatic heterocycles. The maximum atomic E-state index is 11.7. The number of rotatable bonds is 9. The molecule has 0 aliphatic carbocycles. The highest BCUT2D eigenvalue weighted by Crippen LogP contribution is 2.34. The minimum Gasteiger partial charge on any atom is -0.489 e. The van der Waals surface area contributed by atoms with Crippen molar-refractivity contribution >= 4 is 23.3 Å². The first kappa shape index (κ1) is 19.6. The third-order valence-corrected chi connectivity index (χ3v) is 4.99. The first-order valence-electron chi connectivity index (χ1n) is 9.82. The predicted molar refractivity (Wildman–Crippen MR) is 114 cm³/mol. The van der Waals surface area contributed by atoms with Crippen LogP contribution in [0.2, 0.25) is 0 Å². The molecule has 0 bridgehead atoms. The van der Waals surface area contributed by atoms with E-state index in [4.69, 9.17) is 4.74 Å². The van der Waals surface area contributed by atoms with Crippen molar-refractivity contribution in [3.8, 4) is 5.75 Å². The average molecular weight is 408 g/mol. The summed E-state index contributed by atoms with van der Waals surface area (Å²) in [7, 11) is 0. The van der Waals surface area contributed by atoms with E-state index in [1.807, 2.05) is 18.2 Å². The van der Waals surface area contributed by atoms with Gasteiger partial charge in [-0.3, -0.25) is 9.78 Å². The van der Waals surface area contributed by atoms with Gasteiger partial charge in [0.25, 0.3) is 0 Å². The number of benzene rings is 1. The van der Waals surface area contributed by atoms with Crippen molar-refractivity contribution in [2.75, 3.05) is 48.3 Å². The number of aliphatic carboxylic acids is 1. The number of H-pyrrole nitrogens is 1. The Morgan fingerprint density at radius 2 is 2.23 bits per heavy atom. The number of hydrogen-bond acceptors (Lipinski definition) is 7. The van der Waals surface area contributed by atoms with E-state index in [2.05, 4.69) is 30.5 Å². The summed E-state index contributed by atoms with van der Waals surface area (Å²) in [5, 5.41) is 16.0. The molecule has 0 spiro atoms. The number of carboxylic acids is 1. The second-order valence-corrected chi connectivity index (χ2v) is 6.94. The minimum absolute atomic E-state index is 0.261. The van der Waals surface area contributed by atoms with E-state index in [9.17, 15) is 9.90 Å². The number of aromatic nitrogens is 3. The fourth-order valence-electron chi connectivity index (χ4n) is 3.44. The third kappa shape index (κ3) is 4.62. The van der Waals surface area contributed by atoms with Gasteiger partial charge in [0.15, 0.2) is 5.95 Å². The lowest BCUT2D eigenvalue weighted by Gasteiger charge is -2.31. The highest BCUT2D eigenvalue weighted by molar-refractivity contribution is 5.77. The Bertz CT molecular complexity index is 964. The number of carbonyl (C=O) groups is 1. The van der Waals surface area contributed by atoms with Crippen LogP contribution in [0, 0.1) is 0 Å². The Morgan fingerprint density at radius 1 is 1.30 bits per heavy atom. The summed E-state index contributed by atoms with van der Waals surface area (Å²) in [6, 6.07) is 9.39. The summed E-state index contributed by atoms with van der Waals surface area (Å²) in [6.07, 6.45) is 6.71. The monoisotopic (exact) mass is 408 g/mol. The number of ether oxygens (including phenoxy) is 1. The molecule has 0 amide bonds. The Balaban J connectivity index is 1.38. The number of pyridine rings is 1. The van der Waals surface area contributed by atoms with Gasteiger partial charge >= 0.3 is 5.97 Å². The average Bonchev–Trinajstić information content (AvgIpc) is 3.28. The molecule has 4 rings (SSSR count). The van der Waals surface area contributed by atoms with Gasteiger partial charge < -0.3 is 30.4 Å². The Kier molecular flexibility index (Phi) is 5.98. The van der Waals surface area contributed by atoms with Crippen molar-refractivity contribution in [3.05, 3.63) is 60.7 Å². The number of anilines is 3. The quantitative estimate of drug-likeness (QED) is 0.427. The van der Waals surface area contributed by atoms with Gasteiger partial charge in [-0.15, -0.1) is 0 Å². The van der Waals surface area contributed by atoms with E-state index >= 15 is 0 Å². The second-order valence-electron chi connectivity index (χ2n) is 6.94. The predicted octanol–water partition coefficient (Wildman–Crippen LogP) is 2.40. The van der Waals surface area contributed by atoms with E-state index in [1.54, 1.807) is 36.9 Å². The SMILES string of the molecule is O=C(O)C(CNc1ccc2c(c1)OCCN2CCNc1ncc[nH]1)c1cccnc1. The van der Waals surface area contributed by atoms with E-state index < -0.39 is 11.9 Å². The van der Waals surface area contributed by atoms with Crippen molar-refractivity contribution in [2.45, 2.75) is 5.92 Å². The van der Waals surface area contributed by atoms with Gasteiger partial charge in [-0.2, -0.15) is 0 Å². The van der Waals surface area contributed by atoms with Crippen LogP contribution in [0.3, 0.4) is 0 Å². The molecule has 2 aromatic heterocycles. The molecular formula is C21H24N6O3. The molecule has 0 saturated carbocycles. The molecule has 1 aliphatic rings. The van der Waals surface area contributed by atoms with Gasteiger partial charge in [0, 0.05) is 56.2 Å². The van der Waals surface area contributed by atoms with Crippen LogP contribution >= 0.6 is 0 Å². The molecule has 1 atom stereocenters. The second kappa shape index (κ2) is 9.17. The van der Waals surface area contributed by atoms with E-state index in [0.29, 0.717) is 12.2 Å². The summed E-state index contributed by atoms with van der Waals surface area (Å²) < 4.78 is 5.84. The molecule has 0 fully saturated rings. The number of carboxylic acid groups (broad SMARTS) is 1. The van der Waals surface area contributed by atoms with Crippen LogP contribution in [0.15, 0.2) is 55.1 Å². The molecule has 0 radical (unpaired) electrons. The van der Waals surface area contributed by atoms with Crippen LogP contribution in [0.5, 0.6) is 5.75 Å². The lowest BCUT2D eigenvalue weighted by atomic mass is 10.0. The molecule has 4 N–H and O–H groups in total. The summed E-state index contributed by atoms with van der Waals surface area (Å²) in [4.78, 5) is 25.1. The lowest BCUT2D eigenvalue weighted by molar-refractivity contribution is -0.138. The van der Waals surface area contributed by atoms with Crippen molar-refractivity contribution < 1.29 is 14.6 Å². The van der Waals surface area contributed by atoms with Gasteiger partial charge in [-0.05, 0) is 23.8 Å². The zero-order valence-electron chi connectivity index (χ0n) is 16.4. The fourth-order valence-corrected chi connectivity index (χ4v) is 3.44. The zero-order chi connectivity index (χ0) is 20.8. The fraction of sp³-hybridized carbons (Fsp3) is 0.286. The van der Waals surface area contributed by atoms with Crippen LogP contribution in [0.25, 0.3) is 0 Å². The lowest BCUT2D eigenvalue weighted by Crippen LogP contribution is -2.36. The molecule has 30 heavy (non-hydrogen) atoms. The van der Waals surface area contributed by atoms with Crippen LogP contribution in [0.4, 0.5) is 17.3 Å². The zero-order valence-corrected chi connectivity index (χ0v) is 16.4. The first-order valence-corrected chi connectivity index (χ1v) is 9.82. The smallest absolute Gasteiger partial charge is 0.312 e. The van der Waals surface area contributed by atoms with Crippen LogP contribution in [-0.2, 0) is 4.79 Å². The molecule has 9 nitrogen and oxygen atoms in total. The molecule has 156 valence electrons. The minimum atomic E-state index is -0.889. The van der Waals surface area contributed by atoms with Gasteiger partial charge in [-0.25, -0.2) is 4.98 Å². The van der Waals surface area contributed by atoms with Crippen molar-refractivity contribution in [1.29, 1.82) is 0 Å². The standard InChI is InChI=1S/C21H24N6O3/c28-20(29)17(15-2-1-5-22-13-15)14-26-16-3-4-18-19(12-16)30-11-10-27(18)9-8-25-21-23-6-7-24-21/h1-7,12-13,17,26H,8-11,14H2,(H,28,29)(H2,23,24,25). The number of hydrogen-bond donors (Lipinski definition) is 4.